The van der Waals surface area contributed by atoms with Gasteiger partial charge < -0.3 is 9.72 Å². The lowest BCUT2D eigenvalue weighted by molar-refractivity contribution is 0.0594. The normalized spacial score (nSPS) is 14.1. The molecule has 140 valence electrons. The summed E-state index contributed by atoms with van der Waals surface area (Å²) in [5.74, 6) is 0.141. The van der Waals surface area contributed by atoms with Crippen molar-refractivity contribution in [2.75, 3.05) is 11.8 Å². The van der Waals surface area contributed by atoms with Gasteiger partial charge in [-0.15, -0.1) is 0 Å². The number of aromatic nitrogens is 5. The number of nitrogens with one attached hydrogen (secondary N) is 2. The second-order valence-electron chi connectivity index (χ2n) is 6.04. The van der Waals surface area contributed by atoms with E-state index in [1.165, 1.54) is 24.1 Å². The Labute approximate surface area is 154 Å². The largest absolute Gasteiger partial charge is 0.464 e. The van der Waals surface area contributed by atoms with Gasteiger partial charge in [0, 0.05) is 30.6 Å². The highest BCUT2D eigenvalue weighted by atomic mass is 32.2. The fourth-order valence-electron chi connectivity index (χ4n) is 2.56. The molecule has 1 saturated carbocycles. The van der Waals surface area contributed by atoms with Crippen molar-refractivity contribution in [3.05, 3.63) is 48.2 Å². The van der Waals surface area contributed by atoms with E-state index in [4.69, 9.17) is 0 Å². The van der Waals surface area contributed by atoms with Crippen LogP contribution in [0.5, 0.6) is 0 Å². The molecule has 0 radical (unpaired) electrons. The lowest BCUT2D eigenvalue weighted by atomic mass is 10.3. The van der Waals surface area contributed by atoms with Crippen LogP contribution >= 0.6 is 0 Å². The Balaban J connectivity index is 1.69. The molecule has 2 N–H and O–H groups in total. The number of rotatable bonds is 6. The number of anilines is 1. The molecule has 0 saturated heterocycles. The van der Waals surface area contributed by atoms with E-state index < -0.39 is 16.0 Å². The highest BCUT2D eigenvalue weighted by Gasteiger charge is 2.29. The van der Waals surface area contributed by atoms with Crippen molar-refractivity contribution in [2.24, 2.45) is 0 Å². The molecule has 11 heteroatoms. The van der Waals surface area contributed by atoms with Crippen molar-refractivity contribution in [3.8, 4) is 5.95 Å². The van der Waals surface area contributed by atoms with Crippen LogP contribution in [0.25, 0.3) is 5.95 Å². The van der Waals surface area contributed by atoms with E-state index in [-0.39, 0.29) is 22.4 Å². The van der Waals surface area contributed by atoms with Gasteiger partial charge in [0.15, 0.2) is 0 Å². The summed E-state index contributed by atoms with van der Waals surface area (Å²) in [5.41, 5.74) is 0.820. The molecule has 10 nitrogen and oxygen atoms in total. The maximum absolute atomic E-state index is 12.7. The Kier molecular flexibility index (Phi) is 4.15. The Morgan fingerprint density at radius 1 is 1.30 bits per heavy atom. The zero-order valence-corrected chi connectivity index (χ0v) is 15.1. The van der Waals surface area contributed by atoms with E-state index in [2.05, 4.69) is 29.5 Å². The maximum Gasteiger partial charge on any atom is 0.354 e. The van der Waals surface area contributed by atoms with E-state index in [1.807, 2.05) is 0 Å². The second kappa shape index (κ2) is 6.50. The van der Waals surface area contributed by atoms with Crippen LogP contribution < -0.4 is 4.72 Å². The first-order valence-corrected chi connectivity index (χ1v) is 9.63. The van der Waals surface area contributed by atoms with Crippen LogP contribution in [0, 0.1) is 0 Å². The van der Waals surface area contributed by atoms with Crippen molar-refractivity contribution in [2.45, 2.75) is 23.7 Å². The van der Waals surface area contributed by atoms with Gasteiger partial charge in [0.1, 0.15) is 16.4 Å². The molecule has 0 spiro atoms. The maximum atomic E-state index is 12.7. The summed E-state index contributed by atoms with van der Waals surface area (Å²) >= 11 is 0. The number of carbonyl (C=O) groups excluding carboxylic acids is 1. The van der Waals surface area contributed by atoms with Crippen molar-refractivity contribution in [1.82, 2.24) is 24.7 Å². The number of ether oxygens (including phenoxy) is 1. The monoisotopic (exact) mass is 388 g/mol. The molecule has 3 aromatic rings. The summed E-state index contributed by atoms with van der Waals surface area (Å²) in [6.07, 6.45) is 6.34. The molecule has 0 bridgehead atoms. The fraction of sp³-hybridized carbons (Fsp3) is 0.250. The number of hydrogen-bond donors (Lipinski definition) is 2. The molecule has 3 heterocycles. The van der Waals surface area contributed by atoms with Crippen LogP contribution in [0.4, 0.5) is 5.82 Å². The second-order valence-corrected chi connectivity index (χ2v) is 7.72. The zero-order valence-electron chi connectivity index (χ0n) is 14.3. The molecule has 0 aliphatic heterocycles. The Morgan fingerprint density at radius 2 is 2.04 bits per heavy atom. The van der Waals surface area contributed by atoms with Crippen LogP contribution in [0.3, 0.4) is 0 Å². The number of nitrogens with zero attached hydrogens (tertiary/aromatic N) is 4. The van der Waals surface area contributed by atoms with Crippen LogP contribution in [0.1, 0.15) is 34.9 Å². The topological polar surface area (TPSA) is 132 Å². The highest BCUT2D eigenvalue weighted by molar-refractivity contribution is 7.92. The summed E-state index contributed by atoms with van der Waals surface area (Å²) in [5, 5.41) is 4.45. The molecule has 4 rings (SSSR count). The van der Waals surface area contributed by atoms with Crippen LogP contribution in [-0.2, 0) is 14.8 Å². The Bertz CT molecular complexity index is 1090. The lowest BCUT2D eigenvalue weighted by Crippen LogP contribution is -2.16. The first-order chi connectivity index (χ1) is 13.0. The molecule has 1 aliphatic carbocycles. The number of hydrogen-bond acceptors (Lipinski definition) is 7. The number of aromatic amines is 1. The number of H-pyrrole nitrogens is 1. The first kappa shape index (κ1) is 17.2. The Morgan fingerprint density at radius 3 is 2.70 bits per heavy atom. The molecule has 0 atom stereocenters. The third kappa shape index (κ3) is 3.40. The standard InChI is InChI=1S/C16H16N6O4S/c1-26-15(23)13-7-11(9-19-13)27(24,25)21-14-8-12(10-3-4-10)20-22(14)16-17-5-2-6-18-16/h2,5-10,19,21H,3-4H2,1H3. The number of carbonyl (C=O) groups is 1. The molecule has 1 fully saturated rings. The van der Waals surface area contributed by atoms with Gasteiger partial charge in [-0.05, 0) is 25.0 Å². The van der Waals surface area contributed by atoms with Crippen LogP contribution in [0.2, 0.25) is 0 Å². The van der Waals surface area contributed by atoms with E-state index in [1.54, 1.807) is 24.5 Å². The molecule has 0 amide bonds. The fourth-order valence-corrected chi connectivity index (χ4v) is 3.58. The zero-order chi connectivity index (χ0) is 19.0. The minimum atomic E-state index is -3.96. The van der Waals surface area contributed by atoms with E-state index in [0.717, 1.165) is 18.5 Å². The van der Waals surface area contributed by atoms with Gasteiger partial charge in [-0.25, -0.2) is 23.2 Å². The van der Waals surface area contributed by atoms with Crippen molar-refractivity contribution < 1.29 is 17.9 Å². The minimum Gasteiger partial charge on any atom is -0.464 e. The van der Waals surface area contributed by atoms with Gasteiger partial charge in [0.2, 0.25) is 0 Å². The van der Waals surface area contributed by atoms with Crippen molar-refractivity contribution in [1.29, 1.82) is 0 Å². The molecule has 3 aromatic heterocycles. The van der Waals surface area contributed by atoms with Crippen LogP contribution in [-0.4, -0.2) is 46.2 Å². The quantitative estimate of drug-likeness (QED) is 0.611. The molecule has 0 aromatic carbocycles. The minimum absolute atomic E-state index is 0.0384. The van der Waals surface area contributed by atoms with Gasteiger partial charge >= 0.3 is 5.97 Å². The number of esters is 1. The Hall–Kier alpha value is -3.21. The summed E-state index contributed by atoms with van der Waals surface area (Å²) < 4.78 is 33.9. The third-order valence-corrected chi connectivity index (χ3v) is 5.41. The molecular formula is C16H16N6O4S. The van der Waals surface area contributed by atoms with E-state index >= 15 is 0 Å². The number of methoxy groups -OCH3 is 1. The molecule has 27 heavy (non-hydrogen) atoms. The lowest BCUT2D eigenvalue weighted by Gasteiger charge is -2.08. The smallest absolute Gasteiger partial charge is 0.354 e. The highest BCUT2D eigenvalue weighted by Crippen LogP contribution is 2.40. The van der Waals surface area contributed by atoms with Gasteiger partial charge in [-0.2, -0.15) is 9.78 Å². The summed E-state index contributed by atoms with van der Waals surface area (Å²) in [6.45, 7) is 0. The average Bonchev–Trinajstić information content (AvgIpc) is 3.24. The van der Waals surface area contributed by atoms with Gasteiger partial charge in [0.25, 0.3) is 16.0 Å². The van der Waals surface area contributed by atoms with E-state index in [0.29, 0.717) is 5.92 Å². The average molecular weight is 388 g/mol. The summed E-state index contributed by atoms with van der Waals surface area (Å²) in [4.78, 5) is 22.3. The van der Waals surface area contributed by atoms with Crippen molar-refractivity contribution >= 4 is 21.8 Å². The summed E-state index contributed by atoms with van der Waals surface area (Å²) in [6, 6.07) is 4.54. The predicted molar refractivity (Wildman–Crippen MR) is 94.1 cm³/mol. The first-order valence-electron chi connectivity index (χ1n) is 8.15. The van der Waals surface area contributed by atoms with Gasteiger partial charge in [-0.1, -0.05) is 0 Å². The predicted octanol–water partition coefficient (Wildman–Crippen LogP) is 1.46. The third-order valence-electron chi connectivity index (χ3n) is 4.08. The molecular weight excluding hydrogens is 372 g/mol. The SMILES string of the molecule is COC(=O)c1cc(S(=O)(=O)Nc2cc(C3CC3)nn2-c2ncccn2)c[nH]1. The molecule has 0 unspecified atom stereocenters. The van der Waals surface area contributed by atoms with Crippen molar-refractivity contribution in [3.63, 3.8) is 0 Å². The summed E-state index contributed by atoms with van der Waals surface area (Å²) in [7, 11) is -2.75. The van der Waals surface area contributed by atoms with E-state index in [9.17, 15) is 13.2 Å². The molecule has 1 aliphatic rings. The van der Waals surface area contributed by atoms with Gasteiger partial charge in [0.05, 0.1) is 12.8 Å². The van der Waals surface area contributed by atoms with Crippen LogP contribution in [0.15, 0.2) is 41.7 Å². The number of sulfonamides is 1. The van der Waals surface area contributed by atoms with Gasteiger partial charge in [-0.3, -0.25) is 4.72 Å².